The lowest BCUT2D eigenvalue weighted by Gasteiger charge is -2.23. The summed E-state index contributed by atoms with van der Waals surface area (Å²) >= 11 is 0. The van der Waals surface area contributed by atoms with Gasteiger partial charge < -0.3 is 5.32 Å². The third kappa shape index (κ3) is 1.86. The van der Waals surface area contributed by atoms with Crippen molar-refractivity contribution in [1.29, 1.82) is 0 Å². The Morgan fingerprint density at radius 1 is 1.54 bits per heavy atom. The quantitative estimate of drug-likeness (QED) is 0.711. The number of rotatable bonds is 1. The maximum atomic E-state index is 13.3. The van der Waals surface area contributed by atoms with Crippen molar-refractivity contribution in [2.24, 2.45) is 0 Å². The molecule has 70 valence electrons. The Morgan fingerprint density at radius 2 is 2.46 bits per heavy atom. The normalized spacial score (nSPS) is 23.0. The zero-order valence-corrected chi connectivity index (χ0v) is 7.46. The fourth-order valence-corrected chi connectivity index (χ4v) is 1.83. The highest BCUT2D eigenvalue weighted by Crippen LogP contribution is 2.24. The Bertz CT molecular complexity index is 282. The monoisotopic (exact) mass is 180 g/mol. The Balaban J connectivity index is 2.18. The van der Waals surface area contributed by atoms with Crippen molar-refractivity contribution < 1.29 is 4.39 Å². The van der Waals surface area contributed by atoms with E-state index in [4.69, 9.17) is 0 Å². The molecule has 0 saturated carbocycles. The Labute approximate surface area is 77.2 Å². The van der Waals surface area contributed by atoms with Crippen LogP contribution in [0.4, 0.5) is 4.39 Å². The molecule has 13 heavy (non-hydrogen) atoms. The van der Waals surface area contributed by atoms with Crippen LogP contribution >= 0.6 is 0 Å². The van der Waals surface area contributed by atoms with Crippen molar-refractivity contribution in [3.8, 4) is 0 Å². The number of pyridine rings is 1. The molecule has 1 aromatic heterocycles. The summed E-state index contributed by atoms with van der Waals surface area (Å²) in [5.41, 5.74) is 0.808. The molecule has 0 aromatic carbocycles. The first-order chi connectivity index (χ1) is 6.38. The van der Waals surface area contributed by atoms with Gasteiger partial charge in [0.15, 0.2) is 0 Å². The minimum atomic E-state index is -0.170. The van der Waals surface area contributed by atoms with Crippen molar-refractivity contribution >= 4 is 0 Å². The molecule has 1 saturated heterocycles. The first-order valence-electron chi connectivity index (χ1n) is 4.68. The van der Waals surface area contributed by atoms with E-state index in [0.29, 0.717) is 5.92 Å². The summed E-state index contributed by atoms with van der Waals surface area (Å²) in [6.07, 6.45) is 5.16. The van der Waals surface area contributed by atoms with Crippen LogP contribution in [0.25, 0.3) is 0 Å². The molecule has 1 N–H and O–H groups in total. The van der Waals surface area contributed by atoms with Crippen LogP contribution in [0, 0.1) is 5.82 Å². The van der Waals surface area contributed by atoms with Crippen molar-refractivity contribution in [3.05, 3.63) is 29.8 Å². The summed E-state index contributed by atoms with van der Waals surface area (Å²) in [6, 6.07) is 1.78. The van der Waals surface area contributed by atoms with E-state index in [1.165, 1.54) is 6.20 Å². The second-order valence-electron chi connectivity index (χ2n) is 3.44. The third-order valence-electron chi connectivity index (χ3n) is 2.54. The van der Waals surface area contributed by atoms with Crippen LogP contribution in [-0.4, -0.2) is 18.1 Å². The van der Waals surface area contributed by atoms with E-state index in [1.54, 1.807) is 12.3 Å². The highest BCUT2D eigenvalue weighted by molar-refractivity contribution is 5.19. The Kier molecular flexibility index (Phi) is 2.54. The van der Waals surface area contributed by atoms with E-state index in [0.717, 1.165) is 31.5 Å². The van der Waals surface area contributed by atoms with E-state index < -0.39 is 0 Å². The van der Waals surface area contributed by atoms with Gasteiger partial charge in [-0.1, -0.05) is 0 Å². The van der Waals surface area contributed by atoms with Gasteiger partial charge in [-0.2, -0.15) is 0 Å². The van der Waals surface area contributed by atoms with Gasteiger partial charge in [0.1, 0.15) is 5.82 Å². The molecule has 2 heterocycles. The Morgan fingerprint density at radius 3 is 3.15 bits per heavy atom. The Hall–Kier alpha value is -0.960. The highest BCUT2D eigenvalue weighted by Gasteiger charge is 2.17. The number of nitrogens with zero attached hydrogens (tertiary/aromatic N) is 1. The number of hydrogen-bond donors (Lipinski definition) is 1. The topological polar surface area (TPSA) is 24.9 Å². The fourth-order valence-electron chi connectivity index (χ4n) is 1.83. The van der Waals surface area contributed by atoms with Gasteiger partial charge >= 0.3 is 0 Å². The fraction of sp³-hybridized carbons (Fsp3) is 0.500. The smallest absolute Gasteiger partial charge is 0.144 e. The molecule has 1 aromatic rings. The molecule has 2 rings (SSSR count). The summed E-state index contributed by atoms with van der Waals surface area (Å²) in [5.74, 6) is 0.160. The summed E-state index contributed by atoms with van der Waals surface area (Å²) in [4.78, 5) is 3.74. The van der Waals surface area contributed by atoms with E-state index >= 15 is 0 Å². The molecule has 0 bridgehead atoms. The molecule has 1 atom stereocenters. The number of hydrogen-bond acceptors (Lipinski definition) is 2. The van der Waals surface area contributed by atoms with Crippen LogP contribution in [-0.2, 0) is 0 Å². The molecular formula is C10H13FN2. The standard InChI is InChI=1S/C10H13FN2/c11-10-7-13-5-3-9(10)8-2-1-4-12-6-8/h3,5,7-8,12H,1-2,4,6H2/t8-/m1/s1. The molecule has 2 nitrogen and oxygen atoms in total. The van der Waals surface area contributed by atoms with Crippen LogP contribution in [0.15, 0.2) is 18.5 Å². The number of halogens is 1. The van der Waals surface area contributed by atoms with Crippen molar-refractivity contribution in [2.45, 2.75) is 18.8 Å². The van der Waals surface area contributed by atoms with Crippen molar-refractivity contribution in [3.63, 3.8) is 0 Å². The molecule has 1 aliphatic rings. The lowest BCUT2D eigenvalue weighted by atomic mass is 9.92. The highest BCUT2D eigenvalue weighted by atomic mass is 19.1. The molecule has 0 unspecified atom stereocenters. The molecule has 0 spiro atoms. The SMILES string of the molecule is Fc1cnccc1[C@@H]1CCCNC1. The predicted octanol–water partition coefficient (Wildman–Crippen LogP) is 1.69. The second-order valence-corrected chi connectivity index (χ2v) is 3.44. The molecular weight excluding hydrogens is 167 g/mol. The summed E-state index contributed by atoms with van der Waals surface area (Å²) < 4.78 is 13.3. The average molecular weight is 180 g/mol. The van der Waals surface area contributed by atoms with Gasteiger partial charge in [-0.3, -0.25) is 4.98 Å². The molecule has 0 amide bonds. The lowest BCUT2D eigenvalue weighted by Crippen LogP contribution is -2.28. The minimum Gasteiger partial charge on any atom is -0.316 e. The van der Waals surface area contributed by atoms with E-state index in [2.05, 4.69) is 10.3 Å². The summed E-state index contributed by atoms with van der Waals surface area (Å²) in [5, 5.41) is 3.27. The van der Waals surface area contributed by atoms with E-state index in [1.807, 2.05) is 0 Å². The van der Waals surface area contributed by atoms with E-state index in [9.17, 15) is 4.39 Å². The third-order valence-corrected chi connectivity index (χ3v) is 2.54. The number of nitrogens with one attached hydrogen (secondary N) is 1. The molecule has 1 aliphatic heterocycles. The van der Waals surface area contributed by atoms with E-state index in [-0.39, 0.29) is 5.82 Å². The lowest BCUT2D eigenvalue weighted by molar-refractivity contribution is 0.445. The van der Waals surface area contributed by atoms with Gasteiger partial charge in [-0.15, -0.1) is 0 Å². The first kappa shape index (κ1) is 8.63. The van der Waals surface area contributed by atoms with Gasteiger partial charge in [0.25, 0.3) is 0 Å². The molecule has 1 fully saturated rings. The summed E-state index contributed by atoms with van der Waals surface area (Å²) in [6.45, 7) is 1.95. The van der Waals surface area contributed by atoms with Crippen LogP contribution in [0.2, 0.25) is 0 Å². The van der Waals surface area contributed by atoms with Crippen LogP contribution in [0.5, 0.6) is 0 Å². The summed E-state index contributed by atoms with van der Waals surface area (Å²) in [7, 11) is 0. The van der Waals surface area contributed by atoms with Crippen LogP contribution in [0.1, 0.15) is 24.3 Å². The predicted molar refractivity (Wildman–Crippen MR) is 49.0 cm³/mol. The van der Waals surface area contributed by atoms with Gasteiger partial charge in [0.2, 0.25) is 0 Å². The van der Waals surface area contributed by atoms with Gasteiger partial charge in [0.05, 0.1) is 6.20 Å². The largest absolute Gasteiger partial charge is 0.316 e. The van der Waals surface area contributed by atoms with Crippen molar-refractivity contribution in [1.82, 2.24) is 10.3 Å². The van der Waals surface area contributed by atoms with Crippen LogP contribution < -0.4 is 5.32 Å². The number of aromatic nitrogens is 1. The van der Waals surface area contributed by atoms with Gasteiger partial charge in [0, 0.05) is 12.7 Å². The number of piperidine rings is 1. The average Bonchev–Trinajstić information content (AvgIpc) is 2.20. The first-order valence-corrected chi connectivity index (χ1v) is 4.68. The zero-order valence-electron chi connectivity index (χ0n) is 7.46. The molecule has 0 aliphatic carbocycles. The van der Waals surface area contributed by atoms with Gasteiger partial charge in [-0.05, 0) is 36.9 Å². The maximum Gasteiger partial charge on any atom is 0.144 e. The van der Waals surface area contributed by atoms with Crippen LogP contribution in [0.3, 0.4) is 0 Å². The van der Waals surface area contributed by atoms with Crippen molar-refractivity contribution in [2.75, 3.05) is 13.1 Å². The molecule has 3 heteroatoms. The maximum absolute atomic E-state index is 13.3. The van der Waals surface area contributed by atoms with Gasteiger partial charge in [-0.25, -0.2) is 4.39 Å². The zero-order chi connectivity index (χ0) is 9.10. The molecule has 0 radical (unpaired) electrons. The second kappa shape index (κ2) is 3.83. The minimum absolute atomic E-state index is 0.170.